The molecule has 234 valence electrons. The summed E-state index contributed by atoms with van der Waals surface area (Å²) in [7, 11) is 0. The van der Waals surface area contributed by atoms with Gasteiger partial charge in [0, 0.05) is 17.7 Å². The maximum atomic E-state index is 13.7. The predicted octanol–water partition coefficient (Wildman–Crippen LogP) is -2.77. The first-order valence-electron chi connectivity index (χ1n) is 13.0. The average molecular weight is 611 g/mol. The number of hydrogen-bond acceptors (Lipinski definition) is 16. The molecule has 0 unspecified atom stereocenters. The number of benzene rings is 2. The van der Waals surface area contributed by atoms with Crippen LogP contribution in [0, 0.1) is 0 Å². The Morgan fingerprint density at radius 3 is 1.77 bits per heavy atom. The average Bonchev–Trinajstić information content (AvgIpc) is 2.98. The van der Waals surface area contributed by atoms with Gasteiger partial charge >= 0.3 is 0 Å². The molecule has 43 heavy (non-hydrogen) atoms. The highest BCUT2D eigenvalue weighted by molar-refractivity contribution is 5.88. The van der Waals surface area contributed by atoms with Gasteiger partial charge in [-0.15, -0.1) is 0 Å². The van der Waals surface area contributed by atoms with Crippen LogP contribution in [0.5, 0.6) is 23.0 Å². The molecule has 5 rings (SSSR count). The standard InChI is InChI=1S/C27H30O16/c28-7-14-17(32)20(35)22(37)26(41-14)39-11-5-12(31)16-13(6-11)40-24(9-1-3-10(30)4-2-9)25(19(16)34)43-27-23(38)21(36)18(33)15(8-29)42-27/h1-6,14-15,17-18,20-23,26-33,35-38H,7-8H2/t14-,15-,17-,18-,20-,21+,22-,23-,26+,27-/m0/s1. The van der Waals surface area contributed by atoms with Crippen molar-refractivity contribution in [1.29, 1.82) is 0 Å². The molecule has 3 heterocycles. The number of hydrogen-bond donors (Lipinski definition) is 10. The Bertz CT molecular complexity index is 1490. The summed E-state index contributed by atoms with van der Waals surface area (Å²) in [4.78, 5) is 13.7. The summed E-state index contributed by atoms with van der Waals surface area (Å²) in [5, 5.41) is 100. The molecule has 2 aliphatic rings. The summed E-state index contributed by atoms with van der Waals surface area (Å²) in [6.45, 7) is -1.48. The summed E-state index contributed by atoms with van der Waals surface area (Å²) in [6, 6.07) is 7.35. The summed E-state index contributed by atoms with van der Waals surface area (Å²) < 4.78 is 27.8. The molecule has 0 spiro atoms. The molecule has 16 heteroatoms. The minimum atomic E-state index is -1.89. The van der Waals surface area contributed by atoms with E-state index in [1.165, 1.54) is 24.3 Å². The van der Waals surface area contributed by atoms with Gasteiger partial charge in [-0.05, 0) is 24.3 Å². The number of fused-ring (bicyclic) bond motifs is 1. The van der Waals surface area contributed by atoms with Crippen LogP contribution in [0.25, 0.3) is 22.3 Å². The third kappa shape index (κ3) is 5.73. The number of aliphatic hydroxyl groups excluding tert-OH is 8. The molecular weight excluding hydrogens is 580 g/mol. The number of aliphatic hydroxyl groups is 8. The van der Waals surface area contributed by atoms with Crippen molar-refractivity contribution < 1.29 is 74.4 Å². The Labute approximate surface area is 241 Å². The lowest BCUT2D eigenvalue weighted by Gasteiger charge is -2.39. The molecule has 0 amide bonds. The normalized spacial score (nSPS) is 32.9. The zero-order valence-electron chi connectivity index (χ0n) is 22.1. The van der Waals surface area contributed by atoms with Crippen LogP contribution < -0.4 is 14.9 Å². The first kappa shape index (κ1) is 30.9. The molecule has 2 aliphatic heterocycles. The van der Waals surface area contributed by atoms with Crippen LogP contribution in [-0.2, 0) is 9.47 Å². The molecule has 1 aromatic heterocycles. The van der Waals surface area contributed by atoms with Crippen molar-refractivity contribution >= 4 is 11.0 Å². The maximum absolute atomic E-state index is 13.7. The first-order chi connectivity index (χ1) is 20.4. The number of phenols is 2. The Morgan fingerprint density at radius 2 is 1.23 bits per heavy atom. The van der Waals surface area contributed by atoms with E-state index in [0.29, 0.717) is 0 Å². The van der Waals surface area contributed by atoms with Gasteiger partial charge in [0.15, 0.2) is 5.76 Å². The van der Waals surface area contributed by atoms with E-state index >= 15 is 0 Å². The van der Waals surface area contributed by atoms with Crippen LogP contribution >= 0.6 is 0 Å². The smallest absolute Gasteiger partial charge is 0.239 e. The molecule has 0 aliphatic carbocycles. The molecule has 2 aromatic carbocycles. The Morgan fingerprint density at radius 1 is 0.698 bits per heavy atom. The topological polar surface area (TPSA) is 269 Å². The SMILES string of the molecule is O=c1c(O[C@@H]2O[C@@H](CO)[C@H](O)[C@@H](O)[C@@H]2O)c(-c2ccc(O)cc2)oc2cc(O[C@@H]3O[C@@H](CO)[C@H](O)[C@H](O)[C@@H]3O)cc(O)c12. The van der Waals surface area contributed by atoms with Gasteiger partial charge in [-0.3, -0.25) is 4.79 Å². The summed E-state index contributed by atoms with van der Waals surface area (Å²) in [5.74, 6) is -1.96. The molecule has 2 fully saturated rings. The summed E-state index contributed by atoms with van der Waals surface area (Å²) in [5.41, 5.74) is -1.11. The maximum Gasteiger partial charge on any atom is 0.239 e. The lowest BCUT2D eigenvalue weighted by atomic mass is 9.99. The second kappa shape index (κ2) is 12.2. The predicted molar refractivity (Wildman–Crippen MR) is 140 cm³/mol. The fourth-order valence-corrected chi connectivity index (χ4v) is 4.82. The number of rotatable bonds is 7. The zero-order valence-corrected chi connectivity index (χ0v) is 22.1. The lowest BCUT2D eigenvalue weighted by Crippen LogP contribution is -2.60. The van der Waals surface area contributed by atoms with Gasteiger partial charge in [0.2, 0.25) is 23.8 Å². The fourth-order valence-electron chi connectivity index (χ4n) is 4.82. The molecule has 0 radical (unpaired) electrons. The van der Waals surface area contributed by atoms with Crippen molar-refractivity contribution in [3.05, 3.63) is 46.6 Å². The third-order valence-corrected chi connectivity index (χ3v) is 7.22. The second-order valence-electron chi connectivity index (χ2n) is 10.1. The van der Waals surface area contributed by atoms with E-state index in [2.05, 4.69) is 0 Å². The van der Waals surface area contributed by atoms with E-state index < -0.39 is 96.9 Å². The van der Waals surface area contributed by atoms with Crippen LogP contribution in [0.15, 0.2) is 45.6 Å². The lowest BCUT2D eigenvalue weighted by molar-refractivity contribution is -0.277. The van der Waals surface area contributed by atoms with Gasteiger partial charge in [0.05, 0.1) is 13.2 Å². The molecule has 0 saturated carbocycles. The Kier molecular flexibility index (Phi) is 8.77. The van der Waals surface area contributed by atoms with E-state index in [1.807, 2.05) is 0 Å². The largest absolute Gasteiger partial charge is 0.508 e. The van der Waals surface area contributed by atoms with Crippen LogP contribution in [0.3, 0.4) is 0 Å². The van der Waals surface area contributed by atoms with E-state index in [4.69, 9.17) is 23.4 Å². The number of aromatic hydroxyl groups is 2. The van der Waals surface area contributed by atoms with Gasteiger partial charge in [-0.2, -0.15) is 0 Å². The van der Waals surface area contributed by atoms with Gasteiger partial charge in [-0.25, -0.2) is 0 Å². The third-order valence-electron chi connectivity index (χ3n) is 7.22. The van der Waals surface area contributed by atoms with Gasteiger partial charge in [0.1, 0.15) is 77.0 Å². The summed E-state index contributed by atoms with van der Waals surface area (Å²) in [6.07, 6.45) is -16.6. The van der Waals surface area contributed by atoms with Crippen LogP contribution in [-0.4, -0.2) is 126 Å². The van der Waals surface area contributed by atoms with E-state index in [9.17, 15) is 55.9 Å². The highest BCUT2D eigenvalue weighted by Crippen LogP contribution is 2.38. The van der Waals surface area contributed by atoms with Crippen LogP contribution in [0.2, 0.25) is 0 Å². The number of phenolic OH excluding ortho intramolecular Hbond substituents is 2. The van der Waals surface area contributed by atoms with E-state index in [1.54, 1.807) is 0 Å². The molecule has 2 saturated heterocycles. The number of ether oxygens (including phenoxy) is 4. The van der Waals surface area contributed by atoms with Crippen molar-refractivity contribution in [3.63, 3.8) is 0 Å². The van der Waals surface area contributed by atoms with Crippen molar-refractivity contribution in [2.24, 2.45) is 0 Å². The minimum Gasteiger partial charge on any atom is -0.508 e. The fraction of sp³-hybridized carbons (Fsp3) is 0.444. The van der Waals surface area contributed by atoms with Crippen LogP contribution in [0.1, 0.15) is 0 Å². The molecule has 16 nitrogen and oxygen atoms in total. The van der Waals surface area contributed by atoms with Crippen molar-refractivity contribution in [2.75, 3.05) is 13.2 Å². The summed E-state index contributed by atoms with van der Waals surface area (Å²) >= 11 is 0. The van der Waals surface area contributed by atoms with Crippen molar-refractivity contribution in [2.45, 2.75) is 61.4 Å². The van der Waals surface area contributed by atoms with E-state index in [0.717, 1.165) is 12.1 Å². The van der Waals surface area contributed by atoms with E-state index in [-0.39, 0.29) is 28.4 Å². The molecule has 0 bridgehead atoms. The second-order valence-corrected chi connectivity index (χ2v) is 10.1. The molecular formula is C27H30O16. The van der Waals surface area contributed by atoms with Crippen molar-refractivity contribution in [1.82, 2.24) is 0 Å². The minimum absolute atomic E-state index is 0.129. The van der Waals surface area contributed by atoms with Gasteiger partial charge < -0.3 is 74.4 Å². The first-order valence-corrected chi connectivity index (χ1v) is 13.0. The highest BCUT2D eigenvalue weighted by atomic mass is 16.7. The Balaban J connectivity index is 1.58. The molecule has 10 atom stereocenters. The molecule has 10 N–H and O–H groups in total. The monoisotopic (exact) mass is 610 g/mol. The van der Waals surface area contributed by atoms with Gasteiger partial charge in [0.25, 0.3) is 0 Å². The molecule has 3 aromatic rings. The Hall–Kier alpha value is -3.55. The van der Waals surface area contributed by atoms with Gasteiger partial charge in [-0.1, -0.05) is 0 Å². The zero-order chi connectivity index (χ0) is 31.2. The van der Waals surface area contributed by atoms with Crippen molar-refractivity contribution in [3.8, 4) is 34.3 Å². The van der Waals surface area contributed by atoms with Crippen LogP contribution in [0.4, 0.5) is 0 Å². The quantitative estimate of drug-likeness (QED) is 0.130. The highest BCUT2D eigenvalue weighted by Gasteiger charge is 2.46.